The van der Waals surface area contributed by atoms with E-state index in [1.54, 1.807) is 24.3 Å². The zero-order chi connectivity index (χ0) is 21.5. The summed E-state index contributed by atoms with van der Waals surface area (Å²) in [7, 11) is 0. The fourth-order valence-electron chi connectivity index (χ4n) is 6.52. The van der Waals surface area contributed by atoms with Gasteiger partial charge in [-0.05, 0) is 37.3 Å². The Labute approximate surface area is 179 Å². The lowest BCUT2D eigenvalue weighted by molar-refractivity contribution is -0.948. The zero-order valence-electron chi connectivity index (χ0n) is 17.1. The third-order valence-electron chi connectivity index (χ3n) is 7.66. The van der Waals surface area contributed by atoms with E-state index in [4.69, 9.17) is 0 Å². The number of hydrogen-bond acceptors (Lipinski definition) is 4. The van der Waals surface area contributed by atoms with E-state index >= 15 is 0 Å². The Hall–Kier alpha value is -3.32. The van der Waals surface area contributed by atoms with Crippen LogP contribution in [0.15, 0.2) is 48.5 Å². The molecule has 4 heterocycles. The normalized spacial score (nSPS) is 32.9. The number of anilines is 2. The summed E-state index contributed by atoms with van der Waals surface area (Å²) in [4.78, 5) is 54.8. The number of hydrogen-bond donors (Lipinski definition) is 2. The van der Waals surface area contributed by atoms with Gasteiger partial charge in [0.2, 0.25) is 17.4 Å². The van der Waals surface area contributed by atoms with Gasteiger partial charge in [0.05, 0.1) is 17.9 Å². The number of quaternary nitrogens is 1. The SMILES string of the molecule is CC(=O)c1ccc(N2C(=O)[C@H]3[C@H]4CCC[NH+]4[C@@]4(C(=O)Nc5ccccc54)[C@H]3C2=O)cc1. The molecule has 3 fully saturated rings. The minimum Gasteiger partial charge on any atom is -0.320 e. The molecule has 0 radical (unpaired) electrons. The van der Waals surface area contributed by atoms with E-state index in [0.717, 1.165) is 35.5 Å². The lowest BCUT2D eigenvalue weighted by Gasteiger charge is -2.33. The van der Waals surface area contributed by atoms with Crippen LogP contribution in [0.25, 0.3) is 0 Å². The van der Waals surface area contributed by atoms with Gasteiger partial charge in [0, 0.05) is 24.0 Å². The van der Waals surface area contributed by atoms with Crippen LogP contribution in [0.4, 0.5) is 11.4 Å². The fourth-order valence-corrected chi connectivity index (χ4v) is 6.52. The van der Waals surface area contributed by atoms with E-state index in [1.165, 1.54) is 11.8 Å². The zero-order valence-corrected chi connectivity index (χ0v) is 17.1. The summed E-state index contributed by atoms with van der Waals surface area (Å²) < 4.78 is 0. The average molecular weight is 416 g/mol. The van der Waals surface area contributed by atoms with E-state index in [2.05, 4.69) is 5.32 Å². The Bertz CT molecular complexity index is 1170. The third kappa shape index (κ3) is 2.11. The highest BCUT2D eigenvalue weighted by atomic mass is 16.2. The molecule has 0 aromatic heterocycles. The highest BCUT2D eigenvalue weighted by Gasteiger charge is 2.78. The number of amides is 3. The summed E-state index contributed by atoms with van der Waals surface area (Å²) in [6.45, 7) is 2.25. The van der Waals surface area contributed by atoms with Crippen molar-refractivity contribution in [3.8, 4) is 0 Å². The molecule has 7 nitrogen and oxygen atoms in total. The fraction of sp³-hybridized carbons (Fsp3) is 0.333. The molecule has 4 aliphatic heterocycles. The minimum atomic E-state index is -1.07. The van der Waals surface area contributed by atoms with Crippen LogP contribution in [0.1, 0.15) is 35.7 Å². The van der Waals surface area contributed by atoms with E-state index in [0.29, 0.717) is 11.3 Å². The number of nitrogens with one attached hydrogen (secondary N) is 2. The highest BCUT2D eigenvalue weighted by molar-refractivity contribution is 6.25. The number of carbonyl (C=O) groups excluding carboxylic acids is 4. The van der Waals surface area contributed by atoms with Crippen molar-refractivity contribution in [3.05, 3.63) is 59.7 Å². The molecule has 2 N–H and O–H groups in total. The van der Waals surface area contributed by atoms with Gasteiger partial charge in [0.25, 0.3) is 5.91 Å². The molecule has 4 aliphatic rings. The molecule has 156 valence electrons. The standard InChI is InChI=1S/C24H21N3O4/c1-13(28)14-8-10-15(11-9-14)27-21(29)19-18-7-4-12-26(18)24(20(19)22(27)30)16-5-2-3-6-17(16)25-23(24)31/h2-3,5-6,8-11,18-20H,4,7,12H2,1H3,(H,25,31)/p+1/t18-,19+,20-,24-/m1/s1. The molecule has 1 unspecified atom stereocenters. The predicted octanol–water partition coefficient (Wildman–Crippen LogP) is 0.903. The quantitative estimate of drug-likeness (QED) is 0.563. The van der Waals surface area contributed by atoms with Crippen LogP contribution in [0, 0.1) is 11.8 Å². The van der Waals surface area contributed by atoms with E-state index in [1.807, 2.05) is 24.3 Å². The van der Waals surface area contributed by atoms with Crippen LogP contribution >= 0.6 is 0 Å². The van der Waals surface area contributed by atoms with E-state index in [9.17, 15) is 19.2 Å². The molecule has 3 amide bonds. The van der Waals surface area contributed by atoms with Crippen LogP contribution in [0.2, 0.25) is 0 Å². The van der Waals surface area contributed by atoms with Gasteiger partial charge in [0.15, 0.2) is 5.78 Å². The van der Waals surface area contributed by atoms with Gasteiger partial charge in [-0.3, -0.25) is 19.2 Å². The van der Waals surface area contributed by atoms with Crippen molar-refractivity contribution in [1.82, 2.24) is 0 Å². The van der Waals surface area contributed by atoms with Gasteiger partial charge in [-0.1, -0.05) is 18.2 Å². The molecular formula is C24H22N3O4+. The topological polar surface area (TPSA) is 88.0 Å². The van der Waals surface area contributed by atoms with Crippen LogP contribution in [-0.2, 0) is 19.9 Å². The van der Waals surface area contributed by atoms with Crippen molar-refractivity contribution in [2.45, 2.75) is 31.3 Å². The van der Waals surface area contributed by atoms with Gasteiger partial charge in [0.1, 0.15) is 17.9 Å². The van der Waals surface area contributed by atoms with Gasteiger partial charge in [-0.2, -0.15) is 0 Å². The number of para-hydroxylation sites is 1. The Morgan fingerprint density at radius 3 is 2.55 bits per heavy atom. The number of imide groups is 1. The molecule has 31 heavy (non-hydrogen) atoms. The van der Waals surface area contributed by atoms with E-state index < -0.39 is 17.4 Å². The number of rotatable bonds is 2. The Morgan fingerprint density at radius 2 is 1.81 bits per heavy atom. The van der Waals surface area contributed by atoms with Crippen molar-refractivity contribution in [3.63, 3.8) is 0 Å². The van der Waals surface area contributed by atoms with E-state index in [-0.39, 0.29) is 29.5 Å². The Morgan fingerprint density at radius 1 is 1.06 bits per heavy atom. The average Bonchev–Trinajstić information content (AvgIpc) is 3.46. The van der Waals surface area contributed by atoms with Crippen molar-refractivity contribution in [1.29, 1.82) is 0 Å². The molecule has 0 saturated carbocycles. The number of Topliss-reactive ketones (excluding diaryl/α,β-unsaturated/α-hetero) is 1. The van der Waals surface area contributed by atoms with Gasteiger partial charge in [-0.25, -0.2) is 4.90 Å². The van der Waals surface area contributed by atoms with Crippen LogP contribution in [0.3, 0.4) is 0 Å². The molecule has 2 aromatic rings. The molecule has 7 heteroatoms. The van der Waals surface area contributed by atoms with Crippen molar-refractivity contribution in [2.75, 3.05) is 16.8 Å². The molecule has 6 rings (SSSR count). The second kappa shape index (κ2) is 6.11. The summed E-state index contributed by atoms with van der Waals surface area (Å²) in [6, 6.07) is 14.0. The number of carbonyl (C=O) groups is 4. The monoisotopic (exact) mass is 416 g/mol. The summed E-state index contributed by atoms with van der Waals surface area (Å²) in [6.07, 6.45) is 1.75. The lowest BCUT2D eigenvalue weighted by Crippen LogP contribution is -3.19. The molecule has 0 bridgehead atoms. The van der Waals surface area contributed by atoms with Crippen molar-refractivity contribution >= 4 is 34.9 Å². The molecule has 1 spiro atoms. The number of benzene rings is 2. The number of ketones is 1. The maximum Gasteiger partial charge on any atom is 0.291 e. The summed E-state index contributed by atoms with van der Waals surface area (Å²) in [5.41, 5.74) is 1.47. The first-order chi connectivity index (χ1) is 15.0. The first-order valence-electron chi connectivity index (χ1n) is 10.7. The smallest absolute Gasteiger partial charge is 0.291 e. The predicted molar refractivity (Wildman–Crippen MR) is 112 cm³/mol. The Kier molecular flexibility index (Phi) is 3.63. The number of fused-ring (bicyclic) bond motifs is 7. The maximum absolute atomic E-state index is 13.8. The molecule has 5 atom stereocenters. The second-order valence-corrected chi connectivity index (χ2v) is 8.95. The highest BCUT2D eigenvalue weighted by Crippen LogP contribution is 2.52. The largest absolute Gasteiger partial charge is 0.320 e. The van der Waals surface area contributed by atoms with Crippen molar-refractivity contribution in [2.24, 2.45) is 11.8 Å². The van der Waals surface area contributed by atoms with Gasteiger partial charge in [-0.15, -0.1) is 0 Å². The number of nitrogens with zero attached hydrogens (tertiary/aromatic N) is 1. The molecule has 0 aliphatic carbocycles. The Balaban J connectivity index is 1.50. The third-order valence-corrected chi connectivity index (χ3v) is 7.66. The van der Waals surface area contributed by atoms with Gasteiger partial charge >= 0.3 is 0 Å². The lowest BCUT2D eigenvalue weighted by atomic mass is 9.75. The first kappa shape index (κ1) is 18.4. The van der Waals surface area contributed by atoms with Gasteiger partial charge < -0.3 is 10.2 Å². The van der Waals surface area contributed by atoms with Crippen molar-refractivity contribution < 1.29 is 24.1 Å². The molecule has 2 aromatic carbocycles. The van der Waals surface area contributed by atoms with Crippen LogP contribution in [0.5, 0.6) is 0 Å². The first-order valence-corrected chi connectivity index (χ1v) is 10.7. The van der Waals surface area contributed by atoms with Crippen LogP contribution in [-0.4, -0.2) is 36.1 Å². The minimum absolute atomic E-state index is 0.0557. The molecular weight excluding hydrogens is 394 g/mol. The summed E-state index contributed by atoms with van der Waals surface area (Å²) >= 11 is 0. The summed E-state index contributed by atoms with van der Waals surface area (Å²) in [5.74, 6) is -2.06. The van der Waals surface area contributed by atoms with Crippen LogP contribution < -0.4 is 15.1 Å². The summed E-state index contributed by atoms with van der Waals surface area (Å²) in [5, 5.41) is 2.99. The molecule has 3 saturated heterocycles. The second-order valence-electron chi connectivity index (χ2n) is 8.95. The maximum atomic E-state index is 13.8.